The maximum absolute atomic E-state index is 12.9. The third-order valence-corrected chi connectivity index (χ3v) is 4.47. The summed E-state index contributed by atoms with van der Waals surface area (Å²) in [5.74, 6) is 0.964. The topological polar surface area (TPSA) is 94.2 Å². The van der Waals surface area contributed by atoms with Crippen molar-refractivity contribution in [3.05, 3.63) is 66.1 Å². The minimum atomic E-state index is -0.313. The second kappa shape index (κ2) is 8.12. The number of nitrogens with zero attached hydrogens (tertiary/aromatic N) is 5. The SMILES string of the molecule is O=C(c1cnccn1)N1CCCC1c1nc(CCOc2ccc(F)cc2)no1. The molecule has 1 aliphatic rings. The van der Waals surface area contributed by atoms with Gasteiger partial charge in [0.15, 0.2) is 5.82 Å². The number of rotatable bonds is 6. The Hall–Kier alpha value is -3.36. The quantitative estimate of drug-likeness (QED) is 0.646. The number of likely N-dealkylation sites (tertiary alicyclic amines) is 1. The maximum Gasteiger partial charge on any atom is 0.274 e. The highest BCUT2D eigenvalue weighted by atomic mass is 19.1. The molecule has 2 aromatic heterocycles. The summed E-state index contributed by atoms with van der Waals surface area (Å²) in [6.07, 6.45) is 6.50. The van der Waals surface area contributed by atoms with Crippen molar-refractivity contribution < 1.29 is 18.4 Å². The first kappa shape index (κ1) is 18.0. The summed E-state index contributed by atoms with van der Waals surface area (Å²) in [5, 5.41) is 3.98. The number of amides is 1. The van der Waals surface area contributed by atoms with Crippen LogP contribution in [0.15, 0.2) is 47.4 Å². The van der Waals surface area contributed by atoms with Gasteiger partial charge >= 0.3 is 0 Å². The molecule has 1 aliphatic heterocycles. The smallest absolute Gasteiger partial charge is 0.274 e. The predicted octanol–water partition coefficient (Wildman–Crippen LogP) is 2.60. The van der Waals surface area contributed by atoms with Gasteiger partial charge in [0.25, 0.3) is 5.91 Å². The second-order valence-corrected chi connectivity index (χ2v) is 6.35. The van der Waals surface area contributed by atoms with Gasteiger partial charge in [0.05, 0.1) is 12.8 Å². The number of hydrogen-bond acceptors (Lipinski definition) is 7. The molecule has 1 saturated heterocycles. The Labute approximate surface area is 160 Å². The van der Waals surface area contributed by atoms with Crippen LogP contribution in [0.1, 0.15) is 41.1 Å². The molecule has 3 aromatic rings. The van der Waals surface area contributed by atoms with E-state index in [0.717, 1.165) is 12.8 Å². The lowest BCUT2D eigenvalue weighted by molar-refractivity contribution is 0.0703. The van der Waals surface area contributed by atoms with Crippen LogP contribution in [0.5, 0.6) is 5.75 Å². The van der Waals surface area contributed by atoms with E-state index in [1.165, 1.54) is 30.7 Å². The van der Waals surface area contributed by atoms with Gasteiger partial charge in [-0.3, -0.25) is 9.78 Å². The molecule has 4 rings (SSSR count). The Morgan fingerprint density at radius 2 is 2.14 bits per heavy atom. The largest absolute Gasteiger partial charge is 0.493 e. The summed E-state index contributed by atoms with van der Waals surface area (Å²) >= 11 is 0. The number of benzene rings is 1. The number of carbonyl (C=O) groups is 1. The molecular weight excluding hydrogens is 365 g/mol. The molecule has 1 aromatic carbocycles. The molecule has 9 heteroatoms. The molecule has 0 N–H and O–H groups in total. The number of ether oxygens (including phenoxy) is 1. The zero-order valence-corrected chi connectivity index (χ0v) is 15.0. The Balaban J connectivity index is 1.37. The van der Waals surface area contributed by atoms with Crippen LogP contribution in [0, 0.1) is 5.82 Å². The third kappa shape index (κ3) is 3.98. The Morgan fingerprint density at radius 3 is 2.93 bits per heavy atom. The molecule has 1 atom stereocenters. The van der Waals surface area contributed by atoms with Gasteiger partial charge in [-0.25, -0.2) is 9.37 Å². The van der Waals surface area contributed by atoms with Gasteiger partial charge in [0.2, 0.25) is 5.89 Å². The summed E-state index contributed by atoms with van der Waals surface area (Å²) in [7, 11) is 0. The first-order chi connectivity index (χ1) is 13.7. The molecule has 0 saturated carbocycles. The van der Waals surface area contributed by atoms with Crippen molar-refractivity contribution >= 4 is 5.91 Å². The van der Waals surface area contributed by atoms with Gasteiger partial charge in [0, 0.05) is 25.4 Å². The molecule has 144 valence electrons. The standard InChI is InChI=1S/C19H18FN5O3/c20-13-3-5-14(6-4-13)27-11-7-17-23-18(28-24-17)16-2-1-10-25(16)19(26)15-12-21-8-9-22-15/h3-6,8-9,12,16H,1-2,7,10-11H2. The fourth-order valence-corrected chi connectivity index (χ4v) is 3.12. The van der Waals surface area contributed by atoms with Gasteiger partial charge in [0.1, 0.15) is 23.3 Å². The molecular formula is C19H18FN5O3. The first-order valence-electron chi connectivity index (χ1n) is 8.98. The fourth-order valence-electron chi connectivity index (χ4n) is 3.12. The van der Waals surface area contributed by atoms with E-state index in [9.17, 15) is 9.18 Å². The molecule has 0 bridgehead atoms. The molecule has 3 heterocycles. The van der Waals surface area contributed by atoms with E-state index in [1.54, 1.807) is 17.0 Å². The molecule has 0 aliphatic carbocycles. The van der Waals surface area contributed by atoms with Crippen molar-refractivity contribution in [3.8, 4) is 5.75 Å². The van der Waals surface area contributed by atoms with Gasteiger partial charge < -0.3 is 14.2 Å². The summed E-state index contributed by atoms with van der Waals surface area (Å²) in [5.41, 5.74) is 0.293. The van der Waals surface area contributed by atoms with E-state index < -0.39 is 0 Å². The van der Waals surface area contributed by atoms with E-state index in [1.807, 2.05) is 0 Å². The minimum Gasteiger partial charge on any atom is -0.493 e. The summed E-state index contributed by atoms with van der Waals surface area (Å²) in [4.78, 5) is 26.8. The summed E-state index contributed by atoms with van der Waals surface area (Å²) in [6, 6.07) is 5.53. The number of halogens is 1. The highest BCUT2D eigenvalue weighted by molar-refractivity contribution is 5.92. The van der Waals surface area contributed by atoms with Crippen molar-refractivity contribution in [2.24, 2.45) is 0 Å². The molecule has 1 fully saturated rings. The highest BCUT2D eigenvalue weighted by Crippen LogP contribution is 2.31. The van der Waals surface area contributed by atoms with E-state index in [-0.39, 0.29) is 17.8 Å². The number of carbonyl (C=O) groups excluding carboxylic acids is 1. The molecule has 1 unspecified atom stereocenters. The van der Waals surface area contributed by atoms with Crippen LogP contribution in [0.4, 0.5) is 4.39 Å². The monoisotopic (exact) mass is 383 g/mol. The van der Waals surface area contributed by atoms with Crippen LogP contribution in [0.25, 0.3) is 0 Å². The Bertz CT molecular complexity index is 932. The van der Waals surface area contributed by atoms with Crippen molar-refractivity contribution in [1.82, 2.24) is 25.0 Å². The zero-order valence-electron chi connectivity index (χ0n) is 15.0. The average Bonchev–Trinajstić information content (AvgIpc) is 3.39. The summed E-state index contributed by atoms with van der Waals surface area (Å²) in [6.45, 7) is 0.934. The van der Waals surface area contributed by atoms with E-state index in [2.05, 4.69) is 20.1 Å². The van der Waals surface area contributed by atoms with Crippen molar-refractivity contribution in [2.75, 3.05) is 13.2 Å². The molecule has 0 spiro atoms. The zero-order chi connectivity index (χ0) is 19.3. The lowest BCUT2D eigenvalue weighted by Gasteiger charge is -2.21. The minimum absolute atomic E-state index is 0.199. The van der Waals surface area contributed by atoms with Crippen molar-refractivity contribution in [1.29, 1.82) is 0 Å². The molecule has 0 radical (unpaired) electrons. The lowest BCUT2D eigenvalue weighted by atomic mass is 10.2. The van der Waals surface area contributed by atoms with E-state index in [4.69, 9.17) is 9.26 Å². The molecule has 1 amide bonds. The van der Waals surface area contributed by atoms with Gasteiger partial charge in [-0.15, -0.1) is 0 Å². The van der Waals surface area contributed by atoms with Gasteiger partial charge in [-0.1, -0.05) is 5.16 Å². The van der Waals surface area contributed by atoms with E-state index in [0.29, 0.717) is 42.7 Å². The highest BCUT2D eigenvalue weighted by Gasteiger charge is 2.35. The number of hydrogen-bond donors (Lipinski definition) is 0. The fraction of sp³-hybridized carbons (Fsp3) is 0.316. The van der Waals surface area contributed by atoms with Gasteiger partial charge in [-0.05, 0) is 37.1 Å². The van der Waals surface area contributed by atoms with Crippen LogP contribution < -0.4 is 4.74 Å². The second-order valence-electron chi connectivity index (χ2n) is 6.35. The van der Waals surface area contributed by atoms with Crippen LogP contribution in [-0.2, 0) is 6.42 Å². The third-order valence-electron chi connectivity index (χ3n) is 4.47. The van der Waals surface area contributed by atoms with Crippen molar-refractivity contribution in [3.63, 3.8) is 0 Å². The summed E-state index contributed by atoms with van der Waals surface area (Å²) < 4.78 is 23.8. The van der Waals surface area contributed by atoms with Crippen LogP contribution >= 0.6 is 0 Å². The van der Waals surface area contributed by atoms with Crippen molar-refractivity contribution in [2.45, 2.75) is 25.3 Å². The Kier molecular flexibility index (Phi) is 5.22. The van der Waals surface area contributed by atoms with Crippen LogP contribution in [-0.4, -0.2) is 44.1 Å². The maximum atomic E-state index is 12.9. The average molecular weight is 383 g/mol. The number of aromatic nitrogens is 4. The van der Waals surface area contributed by atoms with E-state index >= 15 is 0 Å². The van der Waals surface area contributed by atoms with Crippen LogP contribution in [0.3, 0.4) is 0 Å². The predicted molar refractivity (Wildman–Crippen MR) is 94.9 cm³/mol. The normalized spacial score (nSPS) is 16.3. The van der Waals surface area contributed by atoms with Crippen LogP contribution in [0.2, 0.25) is 0 Å². The molecule has 8 nitrogen and oxygen atoms in total. The molecule has 28 heavy (non-hydrogen) atoms. The first-order valence-corrected chi connectivity index (χ1v) is 8.98. The Morgan fingerprint density at radius 1 is 1.29 bits per heavy atom. The lowest BCUT2D eigenvalue weighted by Crippen LogP contribution is -2.31. The van der Waals surface area contributed by atoms with Gasteiger partial charge in [-0.2, -0.15) is 4.98 Å².